The van der Waals surface area contributed by atoms with Gasteiger partial charge in [-0.1, -0.05) is 175 Å². The van der Waals surface area contributed by atoms with Crippen molar-refractivity contribution in [3.8, 4) is 17.3 Å². The van der Waals surface area contributed by atoms with Crippen LogP contribution in [0.1, 0.15) is 81.8 Å². The maximum atomic E-state index is 6.94. The Morgan fingerprint density at radius 2 is 1.17 bits per heavy atom. The second-order valence-corrected chi connectivity index (χ2v) is 19.1. The summed E-state index contributed by atoms with van der Waals surface area (Å²) in [6, 6.07) is 69.5. The van der Waals surface area contributed by atoms with Gasteiger partial charge >= 0.3 is 0 Å². The van der Waals surface area contributed by atoms with Crippen LogP contribution in [-0.4, -0.2) is 9.55 Å². The van der Waals surface area contributed by atoms with E-state index >= 15 is 0 Å². The first-order chi connectivity index (χ1) is 31.3. The van der Waals surface area contributed by atoms with E-state index in [9.17, 15) is 0 Å². The number of fused-ring (bicyclic) bond motifs is 3. The molecule has 0 spiro atoms. The van der Waals surface area contributed by atoms with Crippen LogP contribution in [0, 0.1) is 18.8 Å². The van der Waals surface area contributed by atoms with Crippen LogP contribution in [-0.2, 0) is 37.3 Å². The fourth-order valence-corrected chi connectivity index (χ4v) is 9.04. The molecule has 3 heterocycles. The Kier molecular flexibility index (Phi) is 11.9. The zero-order valence-electron chi connectivity index (χ0n) is 38.5. The minimum Gasteiger partial charge on any atom is -0.509 e. The number of nitrogens with zero attached hydrogens (tertiary/aromatic N) is 4. The van der Waals surface area contributed by atoms with Gasteiger partial charge in [0.25, 0.3) is 0 Å². The number of para-hydroxylation sites is 1. The third-order valence-corrected chi connectivity index (χ3v) is 13.1. The van der Waals surface area contributed by atoms with Crippen LogP contribution in [0.25, 0.3) is 33.3 Å². The van der Waals surface area contributed by atoms with Gasteiger partial charge in [0.15, 0.2) is 0 Å². The molecular weight excluding hydrogens is 988 g/mol. The molecule has 0 N–H and O–H groups in total. The van der Waals surface area contributed by atoms with Crippen LogP contribution in [0.2, 0.25) is 0 Å². The van der Waals surface area contributed by atoms with E-state index in [0.29, 0.717) is 11.5 Å². The van der Waals surface area contributed by atoms with Crippen LogP contribution < -0.4 is 14.5 Å². The minimum absolute atomic E-state index is 0. The molecule has 9 aromatic rings. The summed E-state index contributed by atoms with van der Waals surface area (Å²) in [5.74, 6) is 2.02. The van der Waals surface area contributed by atoms with Crippen molar-refractivity contribution >= 4 is 38.9 Å². The van der Waals surface area contributed by atoms with Crippen molar-refractivity contribution in [3.05, 3.63) is 241 Å². The fraction of sp³-hybridized carbons (Fsp3) is 0.167. The van der Waals surface area contributed by atoms with Gasteiger partial charge in [-0.15, -0.1) is 53.6 Å². The molecule has 6 heteroatoms. The molecule has 66 heavy (non-hydrogen) atoms. The number of benzene rings is 7. The topological polar surface area (TPSA) is 33.5 Å². The predicted octanol–water partition coefficient (Wildman–Crippen LogP) is 15.0. The molecule has 5 nitrogen and oxygen atoms in total. The summed E-state index contributed by atoms with van der Waals surface area (Å²) in [6.45, 7) is 18.0. The molecule has 0 atom stereocenters. The predicted molar refractivity (Wildman–Crippen MR) is 269 cm³/mol. The van der Waals surface area contributed by atoms with Gasteiger partial charge in [0, 0.05) is 61.1 Å². The summed E-state index contributed by atoms with van der Waals surface area (Å²) in [4.78, 5) is 9.42. The first-order valence-corrected chi connectivity index (χ1v) is 22.4. The van der Waals surface area contributed by atoms with Crippen molar-refractivity contribution in [2.45, 2.75) is 64.7 Å². The molecule has 332 valence electrons. The van der Waals surface area contributed by atoms with Crippen molar-refractivity contribution < 1.29 is 25.8 Å². The number of hydrogen-bond acceptors (Lipinski definition) is 4. The van der Waals surface area contributed by atoms with Crippen LogP contribution in [0.5, 0.6) is 11.5 Å². The van der Waals surface area contributed by atoms with Gasteiger partial charge in [-0.05, 0) is 80.6 Å². The summed E-state index contributed by atoms with van der Waals surface area (Å²) in [5.41, 5.74) is 11.5. The zero-order chi connectivity index (χ0) is 44.9. The fourth-order valence-electron chi connectivity index (χ4n) is 9.04. The molecule has 7 aromatic carbocycles. The normalized spacial score (nSPS) is 13.2. The number of aromatic nitrogens is 2. The maximum absolute atomic E-state index is 6.94. The largest absolute Gasteiger partial charge is 0.509 e. The molecule has 10 rings (SSSR count). The average Bonchev–Trinajstić information content (AvgIpc) is 3.92. The third kappa shape index (κ3) is 8.38. The van der Waals surface area contributed by atoms with E-state index in [4.69, 9.17) is 9.72 Å². The smallest absolute Gasteiger partial charge is 0.135 e. The summed E-state index contributed by atoms with van der Waals surface area (Å²) >= 11 is 0. The van der Waals surface area contributed by atoms with Crippen molar-refractivity contribution in [3.63, 3.8) is 0 Å². The second kappa shape index (κ2) is 17.6. The maximum Gasteiger partial charge on any atom is 0.135 e. The second-order valence-electron chi connectivity index (χ2n) is 19.1. The molecule has 0 fully saturated rings. The van der Waals surface area contributed by atoms with Gasteiger partial charge in [0.2, 0.25) is 0 Å². The van der Waals surface area contributed by atoms with E-state index in [-0.39, 0.29) is 37.3 Å². The van der Waals surface area contributed by atoms with Gasteiger partial charge in [0.1, 0.15) is 5.82 Å². The summed E-state index contributed by atoms with van der Waals surface area (Å²) < 4.78 is 9.15. The molecule has 1 aliphatic rings. The number of hydrogen-bond donors (Lipinski definition) is 0. The standard InChI is InChI=1S/C60H53N4O.Pt/c1-58(2,3)45-26-19-27-48(34-45)63-41-62(40-56(63)42-20-11-8-12-21-42)49-35-47(60(6,7)44-24-15-10-16-25-44)36-51(38-49)65-50-30-31-53-52-28-17-18-29-54(52)64(55(53)39-50)57-37-46(32-33-61-57)59(4,5)43-22-13-9-14-23-43;/h8-37,40-41H,1-7H3;/q-3;. The van der Waals surface area contributed by atoms with Gasteiger partial charge in [-0.3, -0.25) is 0 Å². The zero-order valence-corrected chi connectivity index (χ0v) is 40.8. The Labute approximate surface area is 404 Å². The van der Waals surface area contributed by atoms with Gasteiger partial charge < -0.3 is 19.1 Å². The van der Waals surface area contributed by atoms with Crippen molar-refractivity contribution in [1.29, 1.82) is 0 Å². The van der Waals surface area contributed by atoms with E-state index in [2.05, 4.69) is 258 Å². The number of anilines is 2. The molecule has 0 radical (unpaired) electrons. The summed E-state index contributed by atoms with van der Waals surface area (Å²) in [6.07, 6.45) is 4.12. The van der Waals surface area contributed by atoms with E-state index < -0.39 is 0 Å². The minimum atomic E-state index is -0.361. The number of pyridine rings is 1. The number of ether oxygens (including phenoxy) is 1. The Bertz CT molecular complexity index is 3200. The molecule has 0 bridgehead atoms. The van der Waals surface area contributed by atoms with Crippen LogP contribution >= 0.6 is 0 Å². The molecule has 2 aromatic heterocycles. The summed E-state index contributed by atoms with van der Waals surface area (Å²) in [5, 5.41) is 2.20. The SMILES string of the molecule is CC(C)(C)c1cccc(N2[CH-]N(c3[c-]c(Oc4[c-]c5c(cc4)c4ccccc4n5-c4cc(C(C)(C)c5ccccc5)ccn4)cc(C(C)(C)c4ccccc4)c3)C=C2c2ccccc2)c1.[Pt]. The first kappa shape index (κ1) is 44.5. The van der Waals surface area contributed by atoms with Crippen molar-refractivity contribution in [1.82, 2.24) is 9.55 Å². The summed E-state index contributed by atoms with van der Waals surface area (Å²) in [7, 11) is 0. The molecule has 1 aliphatic heterocycles. The van der Waals surface area contributed by atoms with E-state index in [1.54, 1.807) is 0 Å². The van der Waals surface area contributed by atoms with Gasteiger partial charge in [0.05, 0.1) is 0 Å². The average molecular weight is 1040 g/mol. The molecule has 0 saturated carbocycles. The molecular formula is C60H53N4OPt-3. The van der Waals surface area contributed by atoms with Crippen molar-refractivity contribution in [2.75, 3.05) is 9.80 Å². The van der Waals surface area contributed by atoms with Crippen molar-refractivity contribution in [2.24, 2.45) is 0 Å². The Morgan fingerprint density at radius 1 is 0.530 bits per heavy atom. The van der Waals surface area contributed by atoms with Gasteiger partial charge in [-0.2, -0.15) is 6.07 Å². The molecule has 0 unspecified atom stereocenters. The molecule has 0 saturated heterocycles. The van der Waals surface area contributed by atoms with Crippen LogP contribution in [0.3, 0.4) is 0 Å². The van der Waals surface area contributed by atoms with Crippen LogP contribution in [0.4, 0.5) is 11.4 Å². The third-order valence-electron chi connectivity index (χ3n) is 13.1. The molecule has 0 amide bonds. The quantitative estimate of drug-likeness (QED) is 0.128. The number of rotatable bonds is 10. The Balaban J connectivity index is 0.00000548. The Morgan fingerprint density at radius 3 is 1.86 bits per heavy atom. The van der Waals surface area contributed by atoms with E-state index in [0.717, 1.165) is 55.8 Å². The first-order valence-electron chi connectivity index (χ1n) is 22.4. The monoisotopic (exact) mass is 1040 g/mol. The van der Waals surface area contributed by atoms with E-state index in [1.165, 1.54) is 22.3 Å². The van der Waals surface area contributed by atoms with E-state index in [1.807, 2.05) is 12.3 Å². The Hall–Kier alpha value is -6.68. The molecule has 0 aliphatic carbocycles. The van der Waals surface area contributed by atoms with Gasteiger partial charge in [-0.25, -0.2) is 4.98 Å². The van der Waals surface area contributed by atoms with Crippen LogP contribution in [0.15, 0.2) is 188 Å².